The van der Waals surface area contributed by atoms with Crippen LogP contribution in [-0.2, 0) is 0 Å². The summed E-state index contributed by atoms with van der Waals surface area (Å²) in [5, 5.41) is 6.45. The van der Waals surface area contributed by atoms with Gasteiger partial charge in [-0.2, -0.15) is 5.10 Å². The van der Waals surface area contributed by atoms with Gasteiger partial charge in [0.1, 0.15) is 17.0 Å². The van der Waals surface area contributed by atoms with Crippen molar-refractivity contribution < 1.29 is 4.39 Å². The highest BCUT2D eigenvalue weighted by Crippen LogP contribution is 2.21. The Balaban J connectivity index is 2.49. The van der Waals surface area contributed by atoms with Gasteiger partial charge in [-0.1, -0.05) is 13.0 Å². The number of fused-ring (bicyclic) bond motifs is 1. The Morgan fingerprint density at radius 2 is 2.23 bits per heavy atom. The summed E-state index contributed by atoms with van der Waals surface area (Å²) in [6, 6.07) is 2.45. The average Bonchev–Trinajstić information content (AvgIpc) is 3.03. The number of H-pyrrole nitrogens is 1. The molecule has 0 fully saturated rings. The number of nitrogens with one attached hydrogen (secondary N) is 1. The molecule has 0 saturated heterocycles. The Morgan fingerprint density at radius 1 is 1.45 bits per heavy atom. The summed E-state index contributed by atoms with van der Waals surface area (Å²) in [4.78, 5) is 17.3. The van der Waals surface area contributed by atoms with E-state index in [0.717, 1.165) is 5.56 Å². The molecule has 3 rings (SSSR count). The summed E-state index contributed by atoms with van der Waals surface area (Å²) in [6.45, 7) is 3.69. The van der Waals surface area contributed by atoms with Crippen LogP contribution >= 0.6 is 0 Å². The molecule has 0 aliphatic rings. The Labute approximate surface area is 125 Å². The minimum atomic E-state index is -0.591. The largest absolute Gasteiger partial charge is 0.321 e. The number of nitrogens with zero attached hydrogens (tertiary/aromatic N) is 3. The molecule has 7 heteroatoms. The Morgan fingerprint density at radius 3 is 2.86 bits per heavy atom. The number of nitrogens with two attached hydrogens (primary N) is 1. The van der Waals surface area contributed by atoms with Gasteiger partial charge in [-0.25, -0.2) is 9.37 Å². The van der Waals surface area contributed by atoms with Crippen LogP contribution in [0.15, 0.2) is 29.3 Å². The molecular formula is C15H16FN5O. The lowest BCUT2D eigenvalue weighted by molar-refractivity contribution is 0.614. The van der Waals surface area contributed by atoms with Crippen LogP contribution in [0.2, 0.25) is 0 Å². The molecule has 3 aromatic rings. The molecule has 0 aliphatic carbocycles. The lowest BCUT2D eigenvalue weighted by Gasteiger charge is -2.17. The molecule has 1 atom stereocenters. The van der Waals surface area contributed by atoms with E-state index in [9.17, 15) is 9.18 Å². The summed E-state index contributed by atoms with van der Waals surface area (Å²) in [5.74, 6) is -0.193. The van der Waals surface area contributed by atoms with Crippen molar-refractivity contribution in [1.82, 2.24) is 19.7 Å². The molecule has 6 nitrogen and oxygen atoms in total. The van der Waals surface area contributed by atoms with Crippen LogP contribution < -0.4 is 11.3 Å². The van der Waals surface area contributed by atoms with Crippen LogP contribution in [0.3, 0.4) is 0 Å². The molecule has 1 unspecified atom stereocenters. The average molecular weight is 301 g/mol. The molecule has 3 N–H and O–H groups in total. The van der Waals surface area contributed by atoms with E-state index in [1.807, 2.05) is 6.92 Å². The second kappa shape index (κ2) is 5.34. The summed E-state index contributed by atoms with van der Waals surface area (Å²) in [5.41, 5.74) is 7.19. The fraction of sp³-hybridized carbons (Fsp3) is 0.267. The minimum Gasteiger partial charge on any atom is -0.321 e. The number of aryl methyl sites for hydroxylation is 1. The van der Waals surface area contributed by atoms with E-state index in [-0.39, 0.29) is 5.39 Å². The van der Waals surface area contributed by atoms with E-state index in [1.54, 1.807) is 19.2 Å². The van der Waals surface area contributed by atoms with E-state index in [1.165, 1.54) is 16.8 Å². The Hall–Kier alpha value is -2.54. The van der Waals surface area contributed by atoms with Gasteiger partial charge in [0.05, 0.1) is 23.4 Å². The summed E-state index contributed by atoms with van der Waals surface area (Å²) < 4.78 is 15.5. The van der Waals surface area contributed by atoms with Crippen molar-refractivity contribution in [3.05, 3.63) is 52.1 Å². The van der Waals surface area contributed by atoms with Crippen molar-refractivity contribution in [2.24, 2.45) is 5.73 Å². The first-order chi connectivity index (χ1) is 10.5. The van der Waals surface area contributed by atoms with Crippen molar-refractivity contribution in [2.45, 2.75) is 26.3 Å². The van der Waals surface area contributed by atoms with Crippen molar-refractivity contribution in [3.63, 3.8) is 0 Å². The first kappa shape index (κ1) is 14.4. The van der Waals surface area contributed by atoms with Crippen molar-refractivity contribution >= 4 is 10.9 Å². The Kier molecular flexibility index (Phi) is 3.50. The monoisotopic (exact) mass is 301 g/mol. The quantitative estimate of drug-likeness (QED) is 0.774. The van der Waals surface area contributed by atoms with Gasteiger partial charge >= 0.3 is 0 Å². The lowest BCUT2D eigenvalue weighted by Crippen LogP contribution is -2.28. The van der Waals surface area contributed by atoms with Crippen LogP contribution in [0.4, 0.5) is 4.39 Å². The summed E-state index contributed by atoms with van der Waals surface area (Å²) >= 11 is 0. The number of aromatic nitrogens is 4. The van der Waals surface area contributed by atoms with E-state index < -0.39 is 17.4 Å². The van der Waals surface area contributed by atoms with Gasteiger partial charge in [0, 0.05) is 6.20 Å². The standard InChI is InChI=1S/C15H16FN5O/c1-3-11(17)14-20-13-8(2)4-5-10(16)12(13)15(22)21(14)9-6-18-19-7-9/h4-7,11H,3,17H2,1-2H3,(H,18,19). The van der Waals surface area contributed by atoms with Gasteiger partial charge in [-0.15, -0.1) is 0 Å². The van der Waals surface area contributed by atoms with Gasteiger partial charge in [-0.05, 0) is 25.0 Å². The van der Waals surface area contributed by atoms with Crippen LogP contribution in [0.1, 0.15) is 30.8 Å². The molecule has 0 bridgehead atoms. The molecular weight excluding hydrogens is 285 g/mol. The normalized spacial score (nSPS) is 12.7. The lowest BCUT2D eigenvalue weighted by atomic mass is 10.1. The van der Waals surface area contributed by atoms with Crippen molar-refractivity contribution in [2.75, 3.05) is 0 Å². The first-order valence-electron chi connectivity index (χ1n) is 7.01. The minimum absolute atomic E-state index is 0.0340. The molecule has 0 radical (unpaired) electrons. The van der Waals surface area contributed by atoms with Crippen LogP contribution in [0, 0.1) is 12.7 Å². The maximum atomic E-state index is 14.2. The number of halogens is 1. The third-order valence-corrected chi connectivity index (χ3v) is 3.71. The summed E-state index contributed by atoms with van der Waals surface area (Å²) in [7, 11) is 0. The van der Waals surface area contributed by atoms with Crippen molar-refractivity contribution in [3.8, 4) is 5.69 Å². The topological polar surface area (TPSA) is 89.6 Å². The van der Waals surface area contributed by atoms with Crippen LogP contribution in [-0.4, -0.2) is 19.7 Å². The second-order valence-electron chi connectivity index (χ2n) is 5.17. The van der Waals surface area contributed by atoms with E-state index in [0.29, 0.717) is 23.4 Å². The molecule has 114 valence electrons. The molecule has 0 amide bonds. The van der Waals surface area contributed by atoms with Gasteiger partial charge in [-0.3, -0.25) is 14.5 Å². The summed E-state index contributed by atoms with van der Waals surface area (Å²) in [6.07, 6.45) is 3.63. The van der Waals surface area contributed by atoms with Gasteiger partial charge in [0.2, 0.25) is 0 Å². The molecule has 0 spiro atoms. The van der Waals surface area contributed by atoms with Crippen molar-refractivity contribution in [1.29, 1.82) is 0 Å². The van der Waals surface area contributed by atoms with Crippen LogP contribution in [0.5, 0.6) is 0 Å². The second-order valence-corrected chi connectivity index (χ2v) is 5.17. The predicted octanol–water partition coefficient (Wildman–Crippen LogP) is 1.97. The predicted molar refractivity (Wildman–Crippen MR) is 81.4 cm³/mol. The zero-order valence-electron chi connectivity index (χ0n) is 12.3. The third-order valence-electron chi connectivity index (χ3n) is 3.71. The van der Waals surface area contributed by atoms with E-state index in [4.69, 9.17) is 5.73 Å². The fourth-order valence-corrected chi connectivity index (χ4v) is 2.45. The third kappa shape index (κ3) is 2.10. The highest BCUT2D eigenvalue weighted by molar-refractivity contribution is 5.81. The number of hydrogen-bond donors (Lipinski definition) is 2. The smallest absolute Gasteiger partial charge is 0.269 e. The molecule has 0 aliphatic heterocycles. The SMILES string of the molecule is CCC(N)c1nc2c(C)ccc(F)c2c(=O)n1-c1cn[nH]c1. The van der Waals surface area contributed by atoms with Crippen LogP contribution in [0.25, 0.3) is 16.6 Å². The zero-order chi connectivity index (χ0) is 15.9. The highest BCUT2D eigenvalue weighted by atomic mass is 19.1. The number of aromatic amines is 1. The zero-order valence-corrected chi connectivity index (χ0v) is 12.3. The fourth-order valence-electron chi connectivity index (χ4n) is 2.45. The molecule has 22 heavy (non-hydrogen) atoms. The molecule has 2 heterocycles. The molecule has 0 saturated carbocycles. The van der Waals surface area contributed by atoms with E-state index >= 15 is 0 Å². The van der Waals surface area contributed by atoms with Gasteiger partial charge in [0.15, 0.2) is 0 Å². The maximum absolute atomic E-state index is 14.2. The number of hydrogen-bond acceptors (Lipinski definition) is 4. The highest BCUT2D eigenvalue weighted by Gasteiger charge is 2.20. The Bertz CT molecular complexity index is 885. The number of benzene rings is 1. The first-order valence-corrected chi connectivity index (χ1v) is 7.01. The van der Waals surface area contributed by atoms with Gasteiger partial charge in [0.25, 0.3) is 5.56 Å². The molecule has 1 aromatic carbocycles. The maximum Gasteiger partial charge on any atom is 0.269 e. The molecule has 2 aromatic heterocycles. The van der Waals surface area contributed by atoms with Gasteiger partial charge < -0.3 is 5.73 Å². The number of rotatable bonds is 3. The van der Waals surface area contributed by atoms with E-state index in [2.05, 4.69) is 15.2 Å².